The topological polar surface area (TPSA) is 88.4 Å². The number of nitrogens with one attached hydrogen (secondary N) is 1. The second-order valence-electron chi connectivity index (χ2n) is 4.39. The molecule has 1 N–H and O–H groups in total. The van der Waals surface area contributed by atoms with E-state index in [1.54, 1.807) is 4.90 Å². The molecule has 0 unspecified atom stereocenters. The summed E-state index contributed by atoms with van der Waals surface area (Å²) in [7, 11) is 0. The molecule has 1 aromatic rings. The van der Waals surface area contributed by atoms with Crippen molar-refractivity contribution in [2.24, 2.45) is 0 Å². The minimum absolute atomic E-state index is 0.0147. The van der Waals surface area contributed by atoms with Crippen LogP contribution in [0, 0.1) is 10.1 Å². The van der Waals surface area contributed by atoms with Crippen LogP contribution >= 0.6 is 11.6 Å². The number of nitrogens with zero attached hydrogens (tertiary/aromatic N) is 3. The van der Waals surface area contributed by atoms with Crippen LogP contribution in [-0.2, 0) is 0 Å². The number of aromatic nitrogens is 1. The second-order valence-corrected chi connectivity index (χ2v) is 4.77. The third-order valence-electron chi connectivity index (χ3n) is 2.93. The van der Waals surface area contributed by atoms with Gasteiger partial charge in [0.1, 0.15) is 16.9 Å². The van der Waals surface area contributed by atoms with Crippen molar-refractivity contribution in [3.63, 3.8) is 0 Å². The van der Waals surface area contributed by atoms with Gasteiger partial charge in [-0.05, 0) is 13.0 Å². The quantitative estimate of drug-likeness (QED) is 0.499. The molecule has 0 saturated carbocycles. The highest BCUT2D eigenvalue weighted by molar-refractivity contribution is 6.29. The summed E-state index contributed by atoms with van der Waals surface area (Å²) < 4.78 is 0. The number of hydrogen-bond donors (Lipinski definition) is 1. The summed E-state index contributed by atoms with van der Waals surface area (Å²) in [5.74, 6) is -0.385. The van der Waals surface area contributed by atoms with Crippen LogP contribution in [0.5, 0.6) is 0 Å². The molecule has 0 aliphatic carbocycles. The maximum absolute atomic E-state index is 12.3. The van der Waals surface area contributed by atoms with E-state index < -0.39 is 4.92 Å². The van der Waals surface area contributed by atoms with E-state index in [2.05, 4.69) is 10.3 Å². The van der Waals surface area contributed by atoms with Crippen molar-refractivity contribution >= 4 is 23.2 Å². The number of hydrogen-bond acceptors (Lipinski definition) is 5. The third-order valence-corrected chi connectivity index (χ3v) is 3.14. The molecule has 1 aliphatic heterocycles. The van der Waals surface area contributed by atoms with Crippen molar-refractivity contribution in [3.05, 3.63) is 33.1 Å². The van der Waals surface area contributed by atoms with Gasteiger partial charge in [-0.15, -0.1) is 0 Å². The average Bonchev–Trinajstić information content (AvgIpc) is 2.37. The zero-order chi connectivity index (χ0) is 14.0. The normalized spacial score (nSPS) is 19.3. The Balaban J connectivity index is 2.32. The van der Waals surface area contributed by atoms with Crippen LogP contribution in [0.1, 0.15) is 17.3 Å². The summed E-state index contributed by atoms with van der Waals surface area (Å²) in [6.45, 7) is 3.64. The first-order chi connectivity index (χ1) is 8.99. The first kappa shape index (κ1) is 13.7. The molecule has 1 atom stereocenters. The van der Waals surface area contributed by atoms with Crippen molar-refractivity contribution in [2.45, 2.75) is 13.0 Å². The summed E-state index contributed by atoms with van der Waals surface area (Å²) >= 11 is 5.72. The van der Waals surface area contributed by atoms with Gasteiger partial charge in [-0.2, -0.15) is 0 Å². The van der Waals surface area contributed by atoms with E-state index in [9.17, 15) is 14.9 Å². The van der Waals surface area contributed by atoms with Gasteiger partial charge in [0.2, 0.25) is 0 Å². The molecule has 19 heavy (non-hydrogen) atoms. The van der Waals surface area contributed by atoms with Crippen molar-refractivity contribution < 1.29 is 9.72 Å². The maximum atomic E-state index is 12.3. The average molecular weight is 285 g/mol. The van der Waals surface area contributed by atoms with Gasteiger partial charge >= 0.3 is 0 Å². The predicted molar refractivity (Wildman–Crippen MR) is 69.3 cm³/mol. The number of rotatable bonds is 2. The molecule has 2 rings (SSSR count). The molecule has 2 heterocycles. The SMILES string of the molecule is C[C@H]1CN(C(=O)c2cc(Cl)ncc2[N+](=O)[O-])CCN1. The molecular formula is C11H13ClN4O3. The van der Waals surface area contributed by atoms with E-state index in [0.717, 1.165) is 6.20 Å². The molecule has 1 fully saturated rings. The molecular weight excluding hydrogens is 272 g/mol. The number of pyridine rings is 1. The van der Waals surface area contributed by atoms with E-state index >= 15 is 0 Å². The van der Waals surface area contributed by atoms with Crippen molar-refractivity contribution in [1.29, 1.82) is 0 Å². The van der Waals surface area contributed by atoms with Crippen molar-refractivity contribution in [1.82, 2.24) is 15.2 Å². The van der Waals surface area contributed by atoms with E-state index in [1.165, 1.54) is 6.07 Å². The Hall–Kier alpha value is -1.73. The van der Waals surface area contributed by atoms with Crippen LogP contribution in [0.15, 0.2) is 12.3 Å². The Labute approximate surface area is 114 Å². The lowest BCUT2D eigenvalue weighted by Crippen LogP contribution is -2.51. The van der Waals surface area contributed by atoms with E-state index in [1.807, 2.05) is 6.92 Å². The lowest BCUT2D eigenvalue weighted by molar-refractivity contribution is -0.385. The summed E-state index contributed by atoms with van der Waals surface area (Å²) in [4.78, 5) is 27.9. The highest BCUT2D eigenvalue weighted by Crippen LogP contribution is 2.22. The summed E-state index contributed by atoms with van der Waals surface area (Å²) in [6, 6.07) is 1.41. The Morgan fingerprint density at radius 2 is 2.42 bits per heavy atom. The maximum Gasteiger partial charge on any atom is 0.300 e. The Bertz CT molecular complexity index is 523. The lowest BCUT2D eigenvalue weighted by Gasteiger charge is -2.31. The van der Waals surface area contributed by atoms with Gasteiger partial charge in [0.25, 0.3) is 11.6 Å². The van der Waals surface area contributed by atoms with Gasteiger partial charge in [0.15, 0.2) is 0 Å². The smallest absolute Gasteiger partial charge is 0.300 e. The molecule has 0 aromatic carbocycles. The molecule has 0 bridgehead atoms. The van der Waals surface area contributed by atoms with Gasteiger partial charge in [-0.3, -0.25) is 14.9 Å². The Morgan fingerprint density at radius 1 is 1.68 bits per heavy atom. The monoisotopic (exact) mass is 284 g/mol. The minimum atomic E-state index is -0.623. The van der Waals surface area contributed by atoms with Crippen LogP contribution in [-0.4, -0.2) is 46.4 Å². The fraction of sp³-hybridized carbons (Fsp3) is 0.455. The molecule has 1 saturated heterocycles. The Kier molecular flexibility index (Phi) is 3.96. The second kappa shape index (κ2) is 5.50. The fourth-order valence-corrected chi connectivity index (χ4v) is 2.18. The van der Waals surface area contributed by atoms with Gasteiger partial charge in [0, 0.05) is 25.7 Å². The van der Waals surface area contributed by atoms with Gasteiger partial charge in [-0.1, -0.05) is 11.6 Å². The van der Waals surface area contributed by atoms with Gasteiger partial charge in [0.05, 0.1) is 4.92 Å². The van der Waals surface area contributed by atoms with Crippen LogP contribution in [0.25, 0.3) is 0 Å². The van der Waals surface area contributed by atoms with E-state index in [-0.39, 0.29) is 28.4 Å². The number of carbonyl (C=O) groups excluding carboxylic acids is 1. The van der Waals surface area contributed by atoms with E-state index in [4.69, 9.17) is 11.6 Å². The molecule has 102 valence electrons. The minimum Gasteiger partial charge on any atom is -0.336 e. The third kappa shape index (κ3) is 2.99. The first-order valence-electron chi connectivity index (χ1n) is 5.81. The molecule has 8 heteroatoms. The molecule has 7 nitrogen and oxygen atoms in total. The molecule has 0 radical (unpaired) electrons. The van der Waals surface area contributed by atoms with Crippen LogP contribution < -0.4 is 5.32 Å². The lowest BCUT2D eigenvalue weighted by atomic mass is 10.1. The number of halogens is 1. The number of nitro groups is 1. The zero-order valence-electron chi connectivity index (χ0n) is 10.3. The summed E-state index contributed by atoms with van der Waals surface area (Å²) in [5.41, 5.74) is -0.334. The highest BCUT2D eigenvalue weighted by atomic mass is 35.5. The molecule has 0 spiro atoms. The molecule has 1 amide bonds. The van der Waals surface area contributed by atoms with Crippen LogP contribution in [0.2, 0.25) is 5.15 Å². The Morgan fingerprint density at radius 3 is 3.05 bits per heavy atom. The van der Waals surface area contributed by atoms with Gasteiger partial charge in [-0.25, -0.2) is 4.98 Å². The van der Waals surface area contributed by atoms with E-state index in [0.29, 0.717) is 19.6 Å². The van der Waals surface area contributed by atoms with Crippen molar-refractivity contribution in [2.75, 3.05) is 19.6 Å². The largest absolute Gasteiger partial charge is 0.336 e. The number of amides is 1. The summed E-state index contributed by atoms with van der Waals surface area (Å²) in [6.07, 6.45) is 1.02. The number of carbonyl (C=O) groups is 1. The van der Waals surface area contributed by atoms with Crippen LogP contribution in [0.4, 0.5) is 5.69 Å². The summed E-state index contributed by atoms with van der Waals surface area (Å²) in [5, 5.41) is 14.2. The fourth-order valence-electron chi connectivity index (χ4n) is 2.03. The first-order valence-corrected chi connectivity index (χ1v) is 6.19. The molecule has 1 aliphatic rings. The molecule has 1 aromatic heterocycles. The van der Waals surface area contributed by atoms with Crippen molar-refractivity contribution in [3.8, 4) is 0 Å². The standard InChI is InChI=1S/C11H13ClN4O3/c1-7-6-15(3-2-13-7)11(17)8-4-10(12)14-5-9(8)16(18)19/h4-5,7,13H,2-3,6H2,1H3/t7-/m0/s1. The highest BCUT2D eigenvalue weighted by Gasteiger charge is 2.28. The van der Waals surface area contributed by atoms with Gasteiger partial charge < -0.3 is 10.2 Å². The number of piperazine rings is 1. The van der Waals surface area contributed by atoms with Crippen LogP contribution in [0.3, 0.4) is 0 Å². The predicted octanol–water partition coefficient (Wildman–Crippen LogP) is 1.08. The zero-order valence-corrected chi connectivity index (χ0v) is 11.1.